The highest BCUT2D eigenvalue weighted by molar-refractivity contribution is 7.22. The van der Waals surface area contributed by atoms with Crippen molar-refractivity contribution in [3.63, 3.8) is 0 Å². The van der Waals surface area contributed by atoms with E-state index in [2.05, 4.69) is 80.2 Å². The van der Waals surface area contributed by atoms with Gasteiger partial charge in [-0.25, -0.2) is 4.98 Å². The predicted molar refractivity (Wildman–Crippen MR) is 105 cm³/mol. The maximum atomic E-state index is 4.89. The number of fused-ring (bicyclic) bond motifs is 1. The lowest BCUT2D eigenvalue weighted by Crippen LogP contribution is -2.31. The van der Waals surface area contributed by atoms with E-state index in [1.165, 1.54) is 21.4 Å². The highest BCUT2D eigenvalue weighted by atomic mass is 32.1. The van der Waals surface area contributed by atoms with E-state index in [0.29, 0.717) is 0 Å². The number of benzene rings is 2. The molecule has 2 aromatic carbocycles. The van der Waals surface area contributed by atoms with Crippen molar-refractivity contribution in [1.82, 2.24) is 9.88 Å². The molecule has 3 nitrogen and oxygen atoms in total. The third kappa shape index (κ3) is 4.13. The van der Waals surface area contributed by atoms with Crippen LogP contribution in [0.25, 0.3) is 10.2 Å². The first kappa shape index (κ1) is 16.9. The Morgan fingerprint density at radius 3 is 2.33 bits per heavy atom. The molecule has 24 heavy (non-hydrogen) atoms. The van der Waals surface area contributed by atoms with Gasteiger partial charge in [0, 0.05) is 19.6 Å². The van der Waals surface area contributed by atoms with E-state index >= 15 is 0 Å². The lowest BCUT2D eigenvalue weighted by Gasteiger charge is -2.24. The quantitative estimate of drug-likeness (QED) is 0.660. The van der Waals surface area contributed by atoms with Crippen LogP contribution in [-0.2, 0) is 6.54 Å². The molecule has 0 N–H and O–H groups in total. The second-order valence-electron chi connectivity index (χ2n) is 6.68. The summed E-state index contributed by atoms with van der Waals surface area (Å²) in [6, 6.07) is 15.3. The van der Waals surface area contributed by atoms with Gasteiger partial charge in [-0.05, 0) is 51.2 Å². The average molecular weight is 340 g/mol. The number of hydrogen-bond donors (Lipinski definition) is 0. The van der Waals surface area contributed by atoms with Crippen LogP contribution in [0.15, 0.2) is 42.5 Å². The standard InChI is InChI=1S/C20H25N3S/c1-15-5-8-17(9-6-15)14-23(12-11-22(3)4)20-21-18-13-16(2)7-10-19(18)24-20/h5-10,13H,11-12,14H2,1-4H3. The summed E-state index contributed by atoms with van der Waals surface area (Å²) in [6.45, 7) is 7.13. The Balaban J connectivity index is 1.88. The van der Waals surface area contributed by atoms with Gasteiger partial charge in [-0.2, -0.15) is 0 Å². The first-order chi connectivity index (χ1) is 11.5. The molecule has 0 fully saturated rings. The molecule has 0 radical (unpaired) electrons. The monoisotopic (exact) mass is 339 g/mol. The third-order valence-electron chi connectivity index (χ3n) is 4.11. The van der Waals surface area contributed by atoms with E-state index in [1.54, 1.807) is 11.3 Å². The van der Waals surface area contributed by atoms with Gasteiger partial charge >= 0.3 is 0 Å². The number of rotatable bonds is 6. The summed E-state index contributed by atoms with van der Waals surface area (Å²) in [4.78, 5) is 9.51. The fraction of sp³-hybridized carbons (Fsp3) is 0.350. The van der Waals surface area contributed by atoms with Gasteiger partial charge in [0.2, 0.25) is 0 Å². The first-order valence-electron chi connectivity index (χ1n) is 8.34. The predicted octanol–water partition coefficient (Wildman–Crippen LogP) is 4.48. The highest BCUT2D eigenvalue weighted by Gasteiger charge is 2.13. The molecule has 4 heteroatoms. The van der Waals surface area contributed by atoms with E-state index in [4.69, 9.17) is 4.98 Å². The van der Waals surface area contributed by atoms with Crippen molar-refractivity contribution in [1.29, 1.82) is 0 Å². The van der Waals surface area contributed by atoms with E-state index in [0.717, 1.165) is 30.3 Å². The van der Waals surface area contributed by atoms with Crippen molar-refractivity contribution in [2.24, 2.45) is 0 Å². The van der Waals surface area contributed by atoms with Crippen LogP contribution >= 0.6 is 11.3 Å². The number of likely N-dealkylation sites (N-methyl/N-ethyl adjacent to an activating group) is 1. The van der Waals surface area contributed by atoms with Crippen LogP contribution < -0.4 is 4.90 Å². The third-order valence-corrected chi connectivity index (χ3v) is 5.21. The molecule has 0 atom stereocenters. The van der Waals surface area contributed by atoms with Gasteiger partial charge in [0.25, 0.3) is 0 Å². The molecule has 0 aliphatic heterocycles. The van der Waals surface area contributed by atoms with Crippen molar-refractivity contribution in [2.45, 2.75) is 20.4 Å². The normalized spacial score (nSPS) is 11.4. The first-order valence-corrected chi connectivity index (χ1v) is 9.15. The van der Waals surface area contributed by atoms with Crippen LogP contribution in [0.3, 0.4) is 0 Å². The molecular formula is C20H25N3S. The lowest BCUT2D eigenvalue weighted by molar-refractivity contribution is 0.412. The number of hydrogen-bond acceptors (Lipinski definition) is 4. The zero-order chi connectivity index (χ0) is 17.1. The summed E-state index contributed by atoms with van der Waals surface area (Å²) in [7, 11) is 4.23. The minimum Gasteiger partial charge on any atom is -0.342 e. The molecule has 0 aliphatic rings. The Labute approximate surface area is 148 Å². The second-order valence-corrected chi connectivity index (χ2v) is 7.69. The maximum Gasteiger partial charge on any atom is 0.186 e. The van der Waals surface area contributed by atoms with Crippen molar-refractivity contribution in [3.8, 4) is 0 Å². The Bertz CT molecular complexity index is 805. The molecule has 0 aliphatic carbocycles. The van der Waals surface area contributed by atoms with Gasteiger partial charge in [-0.3, -0.25) is 0 Å². The Hall–Kier alpha value is -1.91. The fourth-order valence-electron chi connectivity index (χ4n) is 2.64. The number of aromatic nitrogens is 1. The molecule has 0 bridgehead atoms. The summed E-state index contributed by atoms with van der Waals surface area (Å²) in [6.07, 6.45) is 0. The molecule has 126 valence electrons. The van der Waals surface area contributed by atoms with Gasteiger partial charge in [-0.15, -0.1) is 0 Å². The minimum atomic E-state index is 0.896. The topological polar surface area (TPSA) is 19.4 Å². The van der Waals surface area contributed by atoms with E-state index in [9.17, 15) is 0 Å². The zero-order valence-corrected chi connectivity index (χ0v) is 15.7. The molecule has 0 unspecified atom stereocenters. The number of aryl methyl sites for hydroxylation is 2. The van der Waals surface area contributed by atoms with Gasteiger partial charge in [0.1, 0.15) is 0 Å². The van der Waals surface area contributed by atoms with Gasteiger partial charge in [0.05, 0.1) is 10.2 Å². The summed E-state index contributed by atoms with van der Waals surface area (Å²) >= 11 is 1.78. The Morgan fingerprint density at radius 1 is 0.917 bits per heavy atom. The summed E-state index contributed by atoms with van der Waals surface area (Å²) < 4.78 is 1.26. The molecule has 0 amide bonds. The zero-order valence-electron chi connectivity index (χ0n) is 14.9. The van der Waals surface area contributed by atoms with E-state index in [1.807, 2.05) is 0 Å². The molecule has 3 aromatic rings. The Morgan fingerprint density at radius 2 is 1.62 bits per heavy atom. The van der Waals surface area contributed by atoms with Gasteiger partial charge in [-0.1, -0.05) is 47.2 Å². The molecule has 0 spiro atoms. The highest BCUT2D eigenvalue weighted by Crippen LogP contribution is 2.30. The molecule has 1 heterocycles. The van der Waals surface area contributed by atoms with Crippen molar-refractivity contribution in [3.05, 3.63) is 59.2 Å². The fourth-order valence-corrected chi connectivity index (χ4v) is 3.61. The molecule has 0 saturated carbocycles. The number of thiazole rings is 1. The van der Waals surface area contributed by atoms with Crippen LogP contribution in [0.1, 0.15) is 16.7 Å². The second kappa shape index (κ2) is 7.32. The maximum absolute atomic E-state index is 4.89. The summed E-state index contributed by atoms with van der Waals surface area (Å²) in [5.74, 6) is 0. The lowest BCUT2D eigenvalue weighted by atomic mass is 10.1. The summed E-state index contributed by atoms with van der Waals surface area (Å²) in [5, 5.41) is 1.11. The van der Waals surface area contributed by atoms with Crippen molar-refractivity contribution < 1.29 is 0 Å². The number of anilines is 1. The average Bonchev–Trinajstić information content (AvgIpc) is 2.96. The van der Waals surface area contributed by atoms with Crippen LogP contribution in [0, 0.1) is 13.8 Å². The SMILES string of the molecule is Cc1ccc(CN(CCN(C)C)c2nc3cc(C)ccc3s2)cc1. The molecule has 0 saturated heterocycles. The van der Waals surface area contributed by atoms with Crippen LogP contribution in [0.4, 0.5) is 5.13 Å². The summed E-state index contributed by atoms with van der Waals surface area (Å²) in [5.41, 5.74) is 5.00. The largest absolute Gasteiger partial charge is 0.342 e. The smallest absolute Gasteiger partial charge is 0.186 e. The Kier molecular flexibility index (Phi) is 5.17. The van der Waals surface area contributed by atoms with Gasteiger partial charge < -0.3 is 9.80 Å². The van der Waals surface area contributed by atoms with Crippen LogP contribution in [-0.4, -0.2) is 37.1 Å². The molecular weight excluding hydrogens is 314 g/mol. The van der Waals surface area contributed by atoms with Gasteiger partial charge in [0.15, 0.2) is 5.13 Å². The molecule has 1 aromatic heterocycles. The van der Waals surface area contributed by atoms with Crippen LogP contribution in [0.5, 0.6) is 0 Å². The van der Waals surface area contributed by atoms with Crippen molar-refractivity contribution in [2.75, 3.05) is 32.1 Å². The van der Waals surface area contributed by atoms with Crippen LogP contribution in [0.2, 0.25) is 0 Å². The minimum absolute atomic E-state index is 0.896. The number of nitrogens with zero attached hydrogens (tertiary/aromatic N) is 3. The van der Waals surface area contributed by atoms with E-state index in [-0.39, 0.29) is 0 Å². The van der Waals surface area contributed by atoms with E-state index < -0.39 is 0 Å². The van der Waals surface area contributed by atoms with Crippen molar-refractivity contribution >= 4 is 26.7 Å². The molecule has 3 rings (SSSR count).